The van der Waals surface area contributed by atoms with Crippen molar-refractivity contribution in [1.29, 1.82) is 0 Å². The summed E-state index contributed by atoms with van der Waals surface area (Å²) in [5, 5.41) is 8.40. The second kappa shape index (κ2) is 5.89. The van der Waals surface area contributed by atoms with Crippen molar-refractivity contribution < 1.29 is 24.3 Å². The zero-order valence-electron chi connectivity index (χ0n) is 9.14. The molecule has 0 fully saturated rings. The number of aliphatic carboxylic acids is 1. The summed E-state index contributed by atoms with van der Waals surface area (Å²) in [5.74, 6) is -2.16. The molecule has 0 atom stereocenters. The minimum atomic E-state index is -0.913. The number of unbranched alkanes of at least 4 members (excludes halogenated alkanes) is 1. The monoisotopic (exact) mass is 236 g/mol. The van der Waals surface area contributed by atoms with Crippen LogP contribution in [0.1, 0.15) is 25.7 Å². The second-order valence-electron chi connectivity index (χ2n) is 3.68. The van der Waals surface area contributed by atoms with Crippen molar-refractivity contribution >= 4 is 23.3 Å². The zero-order valence-corrected chi connectivity index (χ0v) is 9.14. The highest BCUT2D eigenvalue weighted by Gasteiger charge is 2.19. The van der Waals surface area contributed by atoms with Crippen LogP contribution in [0.25, 0.3) is 0 Å². The average molecular weight is 236 g/mol. The van der Waals surface area contributed by atoms with Crippen molar-refractivity contribution in [2.75, 3.05) is 0 Å². The fraction of sp³-hybridized carbons (Fsp3) is 0.333. The van der Waals surface area contributed by atoms with Gasteiger partial charge < -0.3 is 5.11 Å². The molecule has 0 amide bonds. The summed E-state index contributed by atoms with van der Waals surface area (Å²) < 4.78 is 0. The molecule has 0 saturated carbocycles. The van der Waals surface area contributed by atoms with Gasteiger partial charge in [0, 0.05) is 18.9 Å². The molecule has 1 aliphatic carbocycles. The summed E-state index contributed by atoms with van der Waals surface area (Å²) in [7, 11) is 0. The number of carboxylic acid groups (broad SMARTS) is 1. The molecule has 0 aromatic heterocycles. The number of ketones is 3. The number of hydrogen-bond acceptors (Lipinski definition) is 4. The van der Waals surface area contributed by atoms with Gasteiger partial charge in [0.25, 0.3) is 0 Å². The van der Waals surface area contributed by atoms with Crippen molar-refractivity contribution in [3.63, 3.8) is 0 Å². The third-order valence-corrected chi connectivity index (χ3v) is 2.30. The van der Waals surface area contributed by atoms with E-state index < -0.39 is 17.5 Å². The molecule has 5 heteroatoms. The molecule has 1 rings (SSSR count). The van der Waals surface area contributed by atoms with Gasteiger partial charge in [-0.25, -0.2) is 0 Å². The normalized spacial score (nSPS) is 14.7. The number of allylic oxidation sites excluding steroid dienone is 4. The topological polar surface area (TPSA) is 88.5 Å². The van der Waals surface area contributed by atoms with Crippen LogP contribution in [0.15, 0.2) is 23.8 Å². The van der Waals surface area contributed by atoms with Gasteiger partial charge in [0.15, 0.2) is 17.3 Å². The van der Waals surface area contributed by atoms with Gasteiger partial charge in [0.05, 0.1) is 5.57 Å². The van der Waals surface area contributed by atoms with Crippen molar-refractivity contribution in [3.05, 3.63) is 23.8 Å². The number of carbonyl (C=O) groups is 4. The van der Waals surface area contributed by atoms with Gasteiger partial charge in [0.2, 0.25) is 0 Å². The summed E-state index contributed by atoms with van der Waals surface area (Å²) in [6.45, 7) is 0. The summed E-state index contributed by atoms with van der Waals surface area (Å²) in [6.07, 6.45) is 4.09. The predicted molar refractivity (Wildman–Crippen MR) is 58.3 cm³/mol. The van der Waals surface area contributed by atoms with Crippen molar-refractivity contribution in [1.82, 2.24) is 0 Å². The molecule has 0 saturated heterocycles. The molecule has 0 bridgehead atoms. The van der Waals surface area contributed by atoms with E-state index in [1.54, 1.807) is 0 Å². The first-order chi connectivity index (χ1) is 8.00. The lowest BCUT2D eigenvalue weighted by Gasteiger charge is -2.05. The minimum Gasteiger partial charge on any atom is -0.481 e. The van der Waals surface area contributed by atoms with E-state index in [1.165, 1.54) is 0 Å². The summed E-state index contributed by atoms with van der Waals surface area (Å²) in [4.78, 5) is 44.1. The first kappa shape index (κ1) is 13.0. The number of Topliss-reactive ketones (excluding diaryl/α,β-unsaturated/α-hetero) is 1. The van der Waals surface area contributed by atoms with Crippen LogP contribution in [0.2, 0.25) is 0 Å². The Balaban J connectivity index is 2.45. The Morgan fingerprint density at radius 3 is 2.35 bits per heavy atom. The molecule has 0 radical (unpaired) electrons. The average Bonchev–Trinajstić information content (AvgIpc) is 2.27. The fourth-order valence-corrected chi connectivity index (χ4v) is 1.42. The van der Waals surface area contributed by atoms with Crippen LogP contribution in [-0.4, -0.2) is 28.4 Å². The van der Waals surface area contributed by atoms with Crippen LogP contribution >= 0.6 is 0 Å². The van der Waals surface area contributed by atoms with Gasteiger partial charge >= 0.3 is 5.97 Å². The quantitative estimate of drug-likeness (QED) is 0.419. The van der Waals surface area contributed by atoms with Gasteiger partial charge in [-0.1, -0.05) is 0 Å². The van der Waals surface area contributed by atoms with Crippen molar-refractivity contribution in [2.24, 2.45) is 0 Å². The molecule has 0 heterocycles. The van der Waals surface area contributed by atoms with Crippen LogP contribution in [0.5, 0.6) is 0 Å². The molecule has 0 aromatic carbocycles. The molecule has 0 spiro atoms. The van der Waals surface area contributed by atoms with Gasteiger partial charge in [-0.05, 0) is 25.0 Å². The molecule has 1 aliphatic rings. The van der Waals surface area contributed by atoms with Crippen LogP contribution < -0.4 is 0 Å². The molecular formula is C12H12O5. The lowest BCUT2D eigenvalue weighted by Crippen LogP contribution is -2.16. The first-order valence-electron chi connectivity index (χ1n) is 5.24. The predicted octanol–water partition coefficient (Wildman–Crippen LogP) is 0.835. The van der Waals surface area contributed by atoms with Crippen LogP contribution in [0.3, 0.4) is 0 Å². The minimum absolute atomic E-state index is 0.000886. The molecule has 0 aromatic rings. The number of hydrogen-bond donors (Lipinski definition) is 1. The van der Waals surface area contributed by atoms with E-state index in [1.807, 2.05) is 0 Å². The second-order valence-corrected chi connectivity index (χ2v) is 3.68. The zero-order chi connectivity index (χ0) is 12.8. The van der Waals surface area contributed by atoms with E-state index in [0.29, 0.717) is 12.8 Å². The van der Waals surface area contributed by atoms with Crippen molar-refractivity contribution in [3.8, 4) is 0 Å². The highest BCUT2D eigenvalue weighted by atomic mass is 16.4. The molecular weight excluding hydrogens is 224 g/mol. The molecule has 17 heavy (non-hydrogen) atoms. The Morgan fingerprint density at radius 1 is 1.06 bits per heavy atom. The van der Waals surface area contributed by atoms with E-state index >= 15 is 0 Å². The number of rotatable bonds is 6. The Morgan fingerprint density at radius 2 is 1.71 bits per heavy atom. The Kier molecular flexibility index (Phi) is 4.51. The SMILES string of the molecule is O=C1C=CC(=O)C(C(=O)CCCCC(=O)O)=C1. The van der Waals surface area contributed by atoms with E-state index in [9.17, 15) is 19.2 Å². The van der Waals surface area contributed by atoms with Crippen LogP contribution in [0, 0.1) is 0 Å². The van der Waals surface area contributed by atoms with E-state index in [-0.39, 0.29) is 24.2 Å². The fourth-order valence-electron chi connectivity index (χ4n) is 1.42. The molecule has 5 nitrogen and oxygen atoms in total. The Hall–Kier alpha value is -2.04. The smallest absolute Gasteiger partial charge is 0.303 e. The van der Waals surface area contributed by atoms with Gasteiger partial charge in [-0.2, -0.15) is 0 Å². The van der Waals surface area contributed by atoms with Crippen LogP contribution in [0.4, 0.5) is 0 Å². The molecule has 90 valence electrons. The highest BCUT2D eigenvalue weighted by Crippen LogP contribution is 2.11. The molecule has 0 unspecified atom stereocenters. The highest BCUT2D eigenvalue weighted by molar-refractivity contribution is 6.30. The maximum absolute atomic E-state index is 11.6. The van der Waals surface area contributed by atoms with Gasteiger partial charge in [0.1, 0.15) is 0 Å². The first-order valence-corrected chi connectivity index (χ1v) is 5.24. The Labute approximate surface area is 97.8 Å². The lowest BCUT2D eigenvalue weighted by atomic mass is 9.96. The third-order valence-electron chi connectivity index (χ3n) is 2.30. The third kappa shape index (κ3) is 4.14. The number of carbonyl (C=O) groups excluding carboxylic acids is 3. The summed E-state index contributed by atoms with van der Waals surface area (Å²) >= 11 is 0. The van der Waals surface area contributed by atoms with Crippen molar-refractivity contribution in [2.45, 2.75) is 25.7 Å². The van der Waals surface area contributed by atoms with E-state index in [2.05, 4.69) is 0 Å². The lowest BCUT2D eigenvalue weighted by molar-refractivity contribution is -0.137. The molecule has 1 N–H and O–H groups in total. The Bertz CT molecular complexity index is 428. The van der Waals surface area contributed by atoms with E-state index in [0.717, 1.165) is 18.2 Å². The number of carboxylic acids is 1. The summed E-state index contributed by atoms with van der Waals surface area (Å²) in [6, 6.07) is 0. The summed E-state index contributed by atoms with van der Waals surface area (Å²) in [5.41, 5.74) is -0.104. The standard InChI is InChI=1S/C12H12O5/c13-8-5-6-11(15)9(7-8)10(14)3-1-2-4-12(16)17/h5-7H,1-4H2,(H,16,17). The van der Waals surface area contributed by atoms with E-state index in [4.69, 9.17) is 5.11 Å². The van der Waals surface area contributed by atoms with Gasteiger partial charge in [-0.3, -0.25) is 19.2 Å². The molecule has 0 aliphatic heterocycles. The largest absolute Gasteiger partial charge is 0.481 e. The maximum Gasteiger partial charge on any atom is 0.303 e. The van der Waals surface area contributed by atoms with Gasteiger partial charge in [-0.15, -0.1) is 0 Å². The van der Waals surface area contributed by atoms with Crippen LogP contribution in [-0.2, 0) is 19.2 Å². The maximum atomic E-state index is 11.6.